The van der Waals surface area contributed by atoms with Gasteiger partial charge in [-0.3, -0.25) is 9.59 Å². The van der Waals surface area contributed by atoms with E-state index in [-0.39, 0.29) is 18.2 Å². The number of fused-ring (bicyclic) bond motifs is 1. The summed E-state index contributed by atoms with van der Waals surface area (Å²) in [5.41, 5.74) is 8.10. The molecular weight excluding hydrogens is 360 g/mol. The van der Waals surface area contributed by atoms with Crippen molar-refractivity contribution in [1.82, 2.24) is 15.5 Å². The summed E-state index contributed by atoms with van der Waals surface area (Å²) in [6.45, 7) is 1.97. The average Bonchev–Trinajstić information content (AvgIpc) is 3.36. The third kappa shape index (κ3) is 3.23. The number of carbonyl (C=O) groups is 2. The van der Waals surface area contributed by atoms with Crippen molar-refractivity contribution < 1.29 is 18.5 Å². The Labute approximate surface area is 159 Å². The zero-order chi connectivity index (χ0) is 19.7. The molecule has 0 radical (unpaired) electrons. The van der Waals surface area contributed by atoms with Crippen molar-refractivity contribution in [2.45, 2.75) is 13.5 Å². The fourth-order valence-electron chi connectivity index (χ4n) is 2.94. The lowest BCUT2D eigenvalue weighted by atomic mass is 10.1. The summed E-state index contributed by atoms with van der Waals surface area (Å²) in [7, 11) is 0. The number of furan rings is 1. The second-order valence-corrected chi connectivity index (χ2v) is 6.23. The second-order valence-electron chi connectivity index (χ2n) is 6.23. The molecule has 8 heteroatoms. The first-order valence-corrected chi connectivity index (χ1v) is 8.51. The molecule has 0 atom stereocenters. The molecule has 0 bridgehead atoms. The van der Waals surface area contributed by atoms with Gasteiger partial charge in [0.25, 0.3) is 11.6 Å². The highest BCUT2D eigenvalue weighted by Crippen LogP contribution is 2.27. The number of aromatic nitrogens is 2. The van der Waals surface area contributed by atoms with E-state index in [1.54, 1.807) is 49.4 Å². The summed E-state index contributed by atoms with van der Waals surface area (Å²) < 4.78 is 10.6. The van der Waals surface area contributed by atoms with Crippen molar-refractivity contribution in [2.24, 2.45) is 5.73 Å². The Bertz CT molecular complexity index is 1180. The normalized spacial score (nSPS) is 10.9. The highest BCUT2D eigenvalue weighted by molar-refractivity contribution is 6.06. The average molecular weight is 376 g/mol. The maximum Gasteiger partial charge on any atom is 0.259 e. The number of carbonyl (C=O) groups excluding carboxylic acids is 2. The standard InChI is InChI=1S/C20H16N4O4/c1-11-17-14(9-15(16-6-3-7-27-16)23-20(17)28-24-11)19(26)22-10-12-4-2-5-13(8-12)18(21)25/h2-9H,10H2,1H3,(H2,21,25)(H,22,26). The van der Waals surface area contributed by atoms with Crippen LogP contribution < -0.4 is 11.1 Å². The Morgan fingerprint density at radius 1 is 1.18 bits per heavy atom. The van der Waals surface area contributed by atoms with Gasteiger partial charge in [0.15, 0.2) is 5.76 Å². The van der Waals surface area contributed by atoms with Crippen molar-refractivity contribution in [3.63, 3.8) is 0 Å². The van der Waals surface area contributed by atoms with E-state index >= 15 is 0 Å². The van der Waals surface area contributed by atoms with Crippen LogP contribution in [-0.4, -0.2) is 22.0 Å². The number of nitrogens with two attached hydrogens (primary N) is 1. The molecule has 8 nitrogen and oxygen atoms in total. The highest BCUT2D eigenvalue weighted by atomic mass is 16.5. The number of amides is 2. The number of rotatable bonds is 5. The topological polar surface area (TPSA) is 124 Å². The van der Waals surface area contributed by atoms with E-state index in [0.717, 1.165) is 5.56 Å². The summed E-state index contributed by atoms with van der Waals surface area (Å²) in [6, 6.07) is 11.9. The van der Waals surface area contributed by atoms with Crippen LogP contribution in [0.3, 0.4) is 0 Å². The Kier molecular flexibility index (Phi) is 4.36. The second kappa shape index (κ2) is 6.99. The number of aryl methyl sites for hydroxylation is 1. The molecule has 4 rings (SSSR count). The van der Waals surface area contributed by atoms with Crippen molar-refractivity contribution in [3.8, 4) is 11.5 Å². The van der Waals surface area contributed by atoms with E-state index in [1.165, 1.54) is 6.26 Å². The van der Waals surface area contributed by atoms with Crippen LogP contribution in [0.15, 0.2) is 57.7 Å². The van der Waals surface area contributed by atoms with Crippen molar-refractivity contribution in [1.29, 1.82) is 0 Å². The fraction of sp³-hybridized carbons (Fsp3) is 0.100. The van der Waals surface area contributed by atoms with Crippen molar-refractivity contribution >= 4 is 22.9 Å². The van der Waals surface area contributed by atoms with Crippen LogP contribution in [0.4, 0.5) is 0 Å². The largest absolute Gasteiger partial charge is 0.463 e. The molecule has 0 aliphatic rings. The summed E-state index contributed by atoms with van der Waals surface area (Å²) in [5.74, 6) is -0.331. The van der Waals surface area contributed by atoms with Gasteiger partial charge in [-0.15, -0.1) is 0 Å². The molecule has 0 spiro atoms. The molecule has 0 fully saturated rings. The predicted molar refractivity (Wildman–Crippen MR) is 100 cm³/mol. The van der Waals surface area contributed by atoms with E-state index in [0.29, 0.717) is 33.7 Å². The lowest BCUT2D eigenvalue weighted by Crippen LogP contribution is -2.23. The van der Waals surface area contributed by atoms with Gasteiger partial charge >= 0.3 is 0 Å². The maximum atomic E-state index is 12.9. The number of nitrogens with zero attached hydrogens (tertiary/aromatic N) is 2. The molecule has 0 saturated carbocycles. The van der Waals surface area contributed by atoms with E-state index in [9.17, 15) is 9.59 Å². The summed E-state index contributed by atoms with van der Waals surface area (Å²) in [5, 5.41) is 7.30. The Morgan fingerprint density at radius 2 is 2.04 bits per heavy atom. The summed E-state index contributed by atoms with van der Waals surface area (Å²) >= 11 is 0. The van der Waals surface area contributed by atoms with Crippen LogP contribution >= 0.6 is 0 Å². The molecular formula is C20H16N4O4. The third-order valence-corrected chi connectivity index (χ3v) is 4.30. The van der Waals surface area contributed by atoms with Gasteiger partial charge in [-0.1, -0.05) is 17.3 Å². The van der Waals surface area contributed by atoms with E-state index in [2.05, 4.69) is 15.5 Å². The van der Waals surface area contributed by atoms with E-state index in [4.69, 9.17) is 14.7 Å². The molecule has 3 aromatic heterocycles. The molecule has 0 saturated heterocycles. The lowest BCUT2D eigenvalue weighted by Gasteiger charge is -2.08. The lowest BCUT2D eigenvalue weighted by molar-refractivity contribution is 0.0951. The van der Waals surface area contributed by atoms with Crippen LogP contribution in [0.25, 0.3) is 22.6 Å². The van der Waals surface area contributed by atoms with Gasteiger partial charge in [0.05, 0.1) is 22.9 Å². The van der Waals surface area contributed by atoms with Crippen LogP contribution in [-0.2, 0) is 6.54 Å². The maximum absolute atomic E-state index is 12.9. The fourth-order valence-corrected chi connectivity index (χ4v) is 2.94. The Hall–Kier alpha value is -3.94. The Balaban J connectivity index is 1.66. The van der Waals surface area contributed by atoms with Gasteiger partial charge in [0.2, 0.25) is 5.91 Å². The SMILES string of the molecule is Cc1noc2nc(-c3ccco3)cc(C(=O)NCc3cccc(C(N)=O)c3)c12. The number of primary amides is 1. The molecule has 0 aliphatic carbocycles. The summed E-state index contributed by atoms with van der Waals surface area (Å²) in [4.78, 5) is 28.6. The van der Waals surface area contributed by atoms with Gasteiger partial charge < -0.3 is 20.0 Å². The van der Waals surface area contributed by atoms with Crippen LogP contribution in [0, 0.1) is 6.92 Å². The number of hydrogen-bond donors (Lipinski definition) is 2. The molecule has 1 aromatic carbocycles. The minimum atomic E-state index is -0.521. The van der Waals surface area contributed by atoms with Crippen LogP contribution in [0.5, 0.6) is 0 Å². The zero-order valence-electron chi connectivity index (χ0n) is 14.9. The minimum Gasteiger partial charge on any atom is -0.463 e. The first kappa shape index (κ1) is 17.5. The molecule has 0 aliphatic heterocycles. The molecule has 3 N–H and O–H groups in total. The van der Waals surface area contributed by atoms with Gasteiger partial charge in [0.1, 0.15) is 5.69 Å². The van der Waals surface area contributed by atoms with E-state index < -0.39 is 5.91 Å². The summed E-state index contributed by atoms with van der Waals surface area (Å²) in [6.07, 6.45) is 1.53. The number of nitrogens with one attached hydrogen (secondary N) is 1. The van der Waals surface area contributed by atoms with Gasteiger partial charge in [-0.2, -0.15) is 0 Å². The van der Waals surface area contributed by atoms with Gasteiger partial charge in [-0.05, 0) is 42.8 Å². The Morgan fingerprint density at radius 3 is 2.79 bits per heavy atom. The predicted octanol–water partition coefficient (Wildman–Crippen LogP) is 2.82. The zero-order valence-corrected chi connectivity index (χ0v) is 14.9. The molecule has 3 heterocycles. The quantitative estimate of drug-likeness (QED) is 0.552. The van der Waals surface area contributed by atoms with E-state index in [1.807, 2.05) is 0 Å². The molecule has 4 aromatic rings. The molecule has 0 unspecified atom stereocenters. The number of hydrogen-bond acceptors (Lipinski definition) is 6. The molecule has 140 valence electrons. The molecule has 2 amide bonds. The first-order valence-electron chi connectivity index (χ1n) is 8.51. The van der Waals surface area contributed by atoms with Crippen molar-refractivity contribution in [2.75, 3.05) is 0 Å². The first-order chi connectivity index (χ1) is 13.5. The van der Waals surface area contributed by atoms with Crippen LogP contribution in [0.1, 0.15) is 32.0 Å². The number of benzene rings is 1. The van der Waals surface area contributed by atoms with Gasteiger partial charge in [-0.25, -0.2) is 4.98 Å². The van der Waals surface area contributed by atoms with Crippen LogP contribution in [0.2, 0.25) is 0 Å². The third-order valence-electron chi connectivity index (χ3n) is 4.30. The molecule has 28 heavy (non-hydrogen) atoms. The monoisotopic (exact) mass is 376 g/mol. The van der Waals surface area contributed by atoms with Gasteiger partial charge in [0, 0.05) is 12.1 Å². The number of pyridine rings is 1. The van der Waals surface area contributed by atoms with Crippen molar-refractivity contribution in [3.05, 3.63) is 71.1 Å². The smallest absolute Gasteiger partial charge is 0.259 e. The highest BCUT2D eigenvalue weighted by Gasteiger charge is 2.20. The minimum absolute atomic E-state index is 0.226.